The van der Waals surface area contributed by atoms with Gasteiger partial charge in [-0.3, -0.25) is 0 Å². The molecule has 6 nitrogen and oxygen atoms in total. The molecule has 0 aliphatic heterocycles. The first kappa shape index (κ1) is 18.0. The average molecular weight is 281 g/mol. The van der Waals surface area contributed by atoms with Crippen LogP contribution in [0.15, 0.2) is 0 Å². The summed E-state index contributed by atoms with van der Waals surface area (Å²) in [5, 5.41) is 20.9. The molecular weight excluding hydrogens is 254 g/mol. The van der Waals surface area contributed by atoms with Gasteiger partial charge in [-0.1, -0.05) is 6.92 Å². The highest BCUT2D eigenvalue weighted by Crippen LogP contribution is 2.17. The van der Waals surface area contributed by atoms with Crippen LogP contribution in [0.25, 0.3) is 0 Å². The van der Waals surface area contributed by atoms with Gasteiger partial charge < -0.3 is 28.8 Å². The predicted octanol–water partition coefficient (Wildman–Crippen LogP) is 0.253. The van der Waals surface area contributed by atoms with Crippen molar-refractivity contribution in [3.05, 3.63) is 0 Å². The fourth-order valence-corrected chi connectivity index (χ4v) is 4.73. The van der Waals surface area contributed by atoms with Gasteiger partial charge in [-0.15, -0.1) is 0 Å². The number of rotatable bonds is 11. The van der Waals surface area contributed by atoms with Gasteiger partial charge in [0.2, 0.25) is 0 Å². The average Bonchev–Trinajstić information content (AvgIpc) is 2.30. The van der Waals surface area contributed by atoms with Gasteiger partial charge in [0.05, 0.1) is 5.67 Å². The Morgan fingerprint density at radius 2 is 1.39 bits per heavy atom. The second-order valence-electron chi connectivity index (χ2n) is 3.75. The van der Waals surface area contributed by atoms with Gasteiger partial charge in [0.25, 0.3) is 0 Å². The summed E-state index contributed by atoms with van der Waals surface area (Å²) < 4.78 is 17.3. The van der Waals surface area contributed by atoms with Crippen LogP contribution in [-0.2, 0) is 13.3 Å². The first-order valence-electron chi connectivity index (χ1n) is 6.57. The summed E-state index contributed by atoms with van der Waals surface area (Å²) in [6.45, 7) is 9.26. The van der Waals surface area contributed by atoms with E-state index in [0.717, 1.165) is 6.42 Å². The summed E-state index contributed by atoms with van der Waals surface area (Å²) in [6.07, 6.45) is -0.658. The Balaban J connectivity index is 4.82. The van der Waals surface area contributed by atoms with Crippen molar-refractivity contribution < 1.29 is 23.5 Å². The Hall–Kier alpha value is -0.0231. The van der Waals surface area contributed by atoms with Crippen LogP contribution in [0.2, 0.25) is 0 Å². The summed E-state index contributed by atoms with van der Waals surface area (Å²) in [5.41, 5.74) is -0.140. The van der Waals surface area contributed by atoms with Gasteiger partial charge in [0.15, 0.2) is 6.29 Å². The number of hydrogen-bond donors (Lipinski definition) is 3. The zero-order valence-electron chi connectivity index (χ0n) is 11.8. The highest BCUT2D eigenvalue weighted by molar-refractivity contribution is 6.62. The van der Waals surface area contributed by atoms with E-state index in [1.54, 1.807) is 0 Å². The monoisotopic (exact) mass is 281 g/mol. The molecule has 0 aliphatic rings. The number of hydrogen-bond acceptors (Lipinski definition) is 6. The first-order valence-corrected chi connectivity index (χ1v) is 8.37. The van der Waals surface area contributed by atoms with Crippen molar-refractivity contribution in [3.8, 4) is 0 Å². The third-order valence-electron chi connectivity index (χ3n) is 2.42. The van der Waals surface area contributed by atoms with E-state index in [1.165, 1.54) is 0 Å². The SMILES string of the molecule is CCO[Si](OCC)(OCC)C(CC)NCC(O)O. The quantitative estimate of drug-likeness (QED) is 0.372. The maximum absolute atomic E-state index is 8.94. The molecule has 110 valence electrons. The Morgan fingerprint density at radius 1 is 0.944 bits per heavy atom. The second-order valence-corrected chi connectivity index (χ2v) is 6.52. The van der Waals surface area contributed by atoms with Gasteiger partial charge in [0.1, 0.15) is 0 Å². The lowest BCUT2D eigenvalue weighted by molar-refractivity contribution is -0.0398. The van der Waals surface area contributed by atoms with Crippen LogP contribution in [0.3, 0.4) is 0 Å². The van der Waals surface area contributed by atoms with E-state index >= 15 is 0 Å². The minimum absolute atomic E-state index is 0.0699. The largest absolute Gasteiger partial charge is 0.518 e. The minimum Gasteiger partial charge on any atom is -0.373 e. The molecule has 0 aromatic rings. The summed E-state index contributed by atoms with van der Waals surface area (Å²) in [6, 6.07) is 0. The lowest BCUT2D eigenvalue weighted by atomic mass is 10.4. The smallest absolute Gasteiger partial charge is 0.373 e. The lowest BCUT2D eigenvalue weighted by Crippen LogP contribution is -2.62. The first-order chi connectivity index (χ1) is 8.56. The summed E-state index contributed by atoms with van der Waals surface area (Å²) in [4.78, 5) is 0. The molecule has 0 radical (unpaired) electrons. The van der Waals surface area contributed by atoms with Crippen molar-refractivity contribution in [1.82, 2.24) is 5.32 Å². The van der Waals surface area contributed by atoms with E-state index in [4.69, 9.17) is 23.5 Å². The molecule has 7 heteroatoms. The van der Waals surface area contributed by atoms with E-state index in [-0.39, 0.29) is 12.2 Å². The number of aliphatic hydroxyl groups is 2. The van der Waals surface area contributed by atoms with Crippen molar-refractivity contribution in [2.75, 3.05) is 26.4 Å². The highest BCUT2D eigenvalue weighted by atomic mass is 28.4. The van der Waals surface area contributed by atoms with Crippen LogP contribution in [0.5, 0.6) is 0 Å². The molecule has 18 heavy (non-hydrogen) atoms. The number of aliphatic hydroxyl groups excluding tert-OH is 1. The van der Waals surface area contributed by atoms with Gasteiger partial charge in [-0.25, -0.2) is 0 Å². The molecule has 1 atom stereocenters. The molecule has 0 amide bonds. The number of nitrogens with one attached hydrogen (secondary N) is 1. The van der Waals surface area contributed by atoms with E-state index in [1.807, 2.05) is 27.7 Å². The van der Waals surface area contributed by atoms with Gasteiger partial charge >= 0.3 is 8.80 Å². The van der Waals surface area contributed by atoms with Gasteiger partial charge in [-0.2, -0.15) is 0 Å². The van der Waals surface area contributed by atoms with Gasteiger partial charge in [0, 0.05) is 26.4 Å². The van der Waals surface area contributed by atoms with Crippen LogP contribution in [0, 0.1) is 0 Å². The van der Waals surface area contributed by atoms with Crippen LogP contribution in [0.4, 0.5) is 0 Å². The normalized spacial score (nSPS) is 14.2. The maximum Gasteiger partial charge on any atom is 0.518 e. The van der Waals surface area contributed by atoms with Crippen molar-refractivity contribution in [2.24, 2.45) is 0 Å². The molecule has 0 bridgehead atoms. The Morgan fingerprint density at radius 3 is 1.67 bits per heavy atom. The summed E-state index contributed by atoms with van der Waals surface area (Å²) in [7, 11) is -2.83. The van der Waals surface area contributed by atoms with E-state index in [9.17, 15) is 0 Å². The molecule has 0 heterocycles. The third kappa shape index (κ3) is 5.74. The van der Waals surface area contributed by atoms with E-state index in [2.05, 4.69) is 5.32 Å². The van der Waals surface area contributed by atoms with Crippen molar-refractivity contribution in [1.29, 1.82) is 0 Å². The highest BCUT2D eigenvalue weighted by Gasteiger charge is 2.48. The molecule has 0 aromatic carbocycles. The zero-order chi connectivity index (χ0) is 14.0. The fourth-order valence-electron chi connectivity index (χ4n) is 1.80. The molecule has 0 fully saturated rings. The summed E-state index contributed by atoms with van der Waals surface area (Å²) in [5.74, 6) is 0. The maximum atomic E-state index is 8.94. The fraction of sp³-hybridized carbons (Fsp3) is 1.00. The van der Waals surface area contributed by atoms with Crippen LogP contribution >= 0.6 is 0 Å². The molecule has 0 spiro atoms. The minimum atomic E-state index is -2.83. The zero-order valence-corrected chi connectivity index (χ0v) is 12.8. The summed E-state index contributed by atoms with van der Waals surface area (Å²) >= 11 is 0. The molecule has 3 N–H and O–H groups in total. The molecular formula is C11H27NO5Si. The molecule has 0 aliphatic carbocycles. The van der Waals surface area contributed by atoms with Gasteiger partial charge in [-0.05, 0) is 27.2 Å². The second kappa shape index (κ2) is 9.85. The van der Waals surface area contributed by atoms with Crippen molar-refractivity contribution >= 4 is 8.80 Å². The Labute approximate surface area is 111 Å². The van der Waals surface area contributed by atoms with Crippen LogP contribution in [-0.4, -0.2) is 57.3 Å². The van der Waals surface area contributed by atoms with Crippen LogP contribution < -0.4 is 5.32 Å². The Bertz CT molecular complexity index is 189. The molecule has 1 unspecified atom stereocenters. The molecule has 0 aromatic heterocycles. The van der Waals surface area contributed by atoms with Crippen molar-refractivity contribution in [3.63, 3.8) is 0 Å². The van der Waals surface area contributed by atoms with E-state index in [0.29, 0.717) is 19.8 Å². The topological polar surface area (TPSA) is 80.2 Å². The lowest BCUT2D eigenvalue weighted by Gasteiger charge is -2.35. The standard InChI is InChI=1S/C11H27NO5Si/c1-5-10(12-9-11(13)14)18(15-6-2,16-7-3)17-8-4/h10-14H,5-9H2,1-4H3. The Kier molecular flexibility index (Phi) is 9.84. The molecule has 0 rings (SSSR count). The predicted molar refractivity (Wildman–Crippen MR) is 70.9 cm³/mol. The van der Waals surface area contributed by atoms with Crippen LogP contribution in [0.1, 0.15) is 34.1 Å². The van der Waals surface area contributed by atoms with E-state index < -0.39 is 15.1 Å². The van der Waals surface area contributed by atoms with Crippen molar-refractivity contribution in [2.45, 2.75) is 46.1 Å². The molecule has 0 saturated heterocycles. The third-order valence-corrected chi connectivity index (χ3v) is 5.96. The molecule has 0 saturated carbocycles.